The van der Waals surface area contributed by atoms with Crippen LogP contribution in [-0.2, 0) is 9.53 Å². The van der Waals surface area contributed by atoms with Gasteiger partial charge in [0, 0.05) is 5.56 Å². The molecule has 0 saturated carbocycles. The topological polar surface area (TPSA) is 73.9 Å². The van der Waals surface area contributed by atoms with Crippen LogP contribution >= 0.6 is 0 Å². The van der Waals surface area contributed by atoms with Crippen molar-refractivity contribution in [1.82, 2.24) is 5.32 Å². The van der Waals surface area contributed by atoms with Crippen LogP contribution < -0.4 is 14.8 Å². The smallest absolute Gasteiger partial charge is 0.387 e. The van der Waals surface area contributed by atoms with E-state index >= 15 is 0 Å². The molecule has 1 unspecified atom stereocenters. The molecule has 0 radical (unpaired) electrons. The van der Waals surface area contributed by atoms with Crippen molar-refractivity contribution in [2.75, 3.05) is 14.2 Å². The van der Waals surface area contributed by atoms with Gasteiger partial charge in [-0.3, -0.25) is 9.59 Å². The van der Waals surface area contributed by atoms with Gasteiger partial charge in [0.1, 0.15) is 0 Å². The first-order valence-electron chi connectivity index (χ1n) is 8.41. The summed E-state index contributed by atoms with van der Waals surface area (Å²) >= 11 is 0. The fraction of sp³-hybridized carbons (Fsp3) is 0.300. The fourth-order valence-electron chi connectivity index (χ4n) is 2.54. The van der Waals surface area contributed by atoms with Crippen LogP contribution in [-0.4, -0.2) is 32.7 Å². The molecule has 0 fully saturated rings. The van der Waals surface area contributed by atoms with Crippen LogP contribution in [0.2, 0.25) is 0 Å². The van der Waals surface area contributed by atoms with Gasteiger partial charge in [0.05, 0.1) is 26.7 Å². The van der Waals surface area contributed by atoms with Crippen molar-refractivity contribution in [3.8, 4) is 11.5 Å². The molecule has 0 aliphatic heterocycles. The average molecular weight is 393 g/mol. The summed E-state index contributed by atoms with van der Waals surface area (Å²) in [6.07, 6.45) is -0.0605. The Labute approximate surface area is 161 Å². The van der Waals surface area contributed by atoms with Gasteiger partial charge in [-0.25, -0.2) is 0 Å². The maximum Gasteiger partial charge on any atom is 0.387 e. The molecule has 1 atom stereocenters. The molecule has 2 aromatic rings. The Balaban J connectivity index is 2.24. The van der Waals surface area contributed by atoms with Gasteiger partial charge in [-0.1, -0.05) is 29.8 Å². The molecule has 0 saturated heterocycles. The van der Waals surface area contributed by atoms with Gasteiger partial charge in [-0.2, -0.15) is 8.78 Å². The minimum absolute atomic E-state index is 0.00666. The largest absolute Gasteiger partial charge is 0.493 e. The molecule has 0 aliphatic rings. The van der Waals surface area contributed by atoms with Crippen molar-refractivity contribution in [3.63, 3.8) is 0 Å². The molecule has 28 heavy (non-hydrogen) atoms. The molecule has 1 N–H and O–H groups in total. The third-order valence-electron chi connectivity index (χ3n) is 4.03. The molecule has 150 valence electrons. The predicted octanol–water partition coefficient (Wildman–Crippen LogP) is 3.64. The Kier molecular flexibility index (Phi) is 7.31. The molecule has 0 heterocycles. The number of hydrogen-bond donors (Lipinski definition) is 1. The lowest BCUT2D eigenvalue weighted by Gasteiger charge is -2.19. The Morgan fingerprint density at radius 3 is 2.29 bits per heavy atom. The normalized spacial score (nSPS) is 11.6. The van der Waals surface area contributed by atoms with Gasteiger partial charge in [-0.15, -0.1) is 0 Å². The Hall–Kier alpha value is -3.16. The van der Waals surface area contributed by atoms with E-state index in [1.807, 2.05) is 31.2 Å². The van der Waals surface area contributed by atoms with Gasteiger partial charge in [0.15, 0.2) is 11.5 Å². The minimum Gasteiger partial charge on any atom is -0.493 e. The lowest BCUT2D eigenvalue weighted by molar-refractivity contribution is -0.141. The van der Waals surface area contributed by atoms with Crippen LogP contribution in [0.4, 0.5) is 8.78 Å². The van der Waals surface area contributed by atoms with Crippen LogP contribution in [0, 0.1) is 6.92 Å². The molecule has 0 bridgehead atoms. The summed E-state index contributed by atoms with van der Waals surface area (Å²) in [4.78, 5) is 24.4. The maximum absolute atomic E-state index is 12.7. The summed E-state index contributed by atoms with van der Waals surface area (Å²) in [7, 11) is 2.55. The van der Waals surface area contributed by atoms with Crippen LogP contribution in [0.5, 0.6) is 11.5 Å². The quantitative estimate of drug-likeness (QED) is 0.693. The van der Waals surface area contributed by atoms with Crippen LogP contribution in [0.25, 0.3) is 0 Å². The van der Waals surface area contributed by atoms with E-state index in [2.05, 4.69) is 10.1 Å². The Morgan fingerprint density at radius 1 is 1.04 bits per heavy atom. The zero-order chi connectivity index (χ0) is 20.7. The highest BCUT2D eigenvalue weighted by atomic mass is 19.3. The van der Waals surface area contributed by atoms with Crippen molar-refractivity contribution in [3.05, 3.63) is 59.2 Å². The molecule has 2 aromatic carbocycles. The molecular formula is C20H21F2NO5. The van der Waals surface area contributed by atoms with E-state index in [1.54, 1.807) is 0 Å². The molecule has 1 amide bonds. The first kappa shape index (κ1) is 21.1. The fourth-order valence-corrected chi connectivity index (χ4v) is 2.54. The number of benzene rings is 2. The average Bonchev–Trinajstić information content (AvgIpc) is 2.67. The highest BCUT2D eigenvalue weighted by molar-refractivity contribution is 5.95. The standard InChI is InChI=1S/C20H21F2NO5/c1-12-4-6-13(7-5-12)15(11-18(24)27-3)23-19(25)14-8-9-16(28-20(21)22)17(10-14)26-2/h4-10,15,20H,11H2,1-3H3,(H,23,25). The van der Waals surface area contributed by atoms with Crippen molar-refractivity contribution in [2.45, 2.75) is 26.0 Å². The molecule has 0 aromatic heterocycles. The second kappa shape index (κ2) is 9.68. The van der Waals surface area contributed by atoms with Gasteiger partial charge in [0.2, 0.25) is 0 Å². The summed E-state index contributed by atoms with van der Waals surface area (Å²) < 4.78 is 38.9. The zero-order valence-electron chi connectivity index (χ0n) is 15.7. The highest BCUT2D eigenvalue weighted by Crippen LogP contribution is 2.30. The van der Waals surface area contributed by atoms with Crippen LogP contribution in [0.1, 0.15) is 33.9 Å². The van der Waals surface area contributed by atoms with E-state index in [0.717, 1.165) is 11.1 Å². The SMILES string of the molecule is COC(=O)CC(NC(=O)c1ccc(OC(F)F)c(OC)c1)c1ccc(C)cc1. The van der Waals surface area contributed by atoms with E-state index in [4.69, 9.17) is 9.47 Å². The molecule has 0 aliphatic carbocycles. The number of aryl methyl sites for hydroxylation is 1. The molecule has 8 heteroatoms. The lowest BCUT2D eigenvalue weighted by Crippen LogP contribution is -2.30. The summed E-state index contributed by atoms with van der Waals surface area (Å²) in [5.41, 5.74) is 1.93. The number of methoxy groups -OCH3 is 2. The number of halogens is 2. The first-order chi connectivity index (χ1) is 13.3. The Morgan fingerprint density at radius 2 is 1.71 bits per heavy atom. The zero-order valence-corrected chi connectivity index (χ0v) is 15.7. The van der Waals surface area contributed by atoms with Crippen molar-refractivity contribution in [2.24, 2.45) is 0 Å². The van der Waals surface area contributed by atoms with E-state index in [-0.39, 0.29) is 23.5 Å². The Bertz CT molecular complexity index is 824. The predicted molar refractivity (Wildman–Crippen MR) is 97.6 cm³/mol. The maximum atomic E-state index is 12.7. The first-order valence-corrected chi connectivity index (χ1v) is 8.41. The van der Waals surface area contributed by atoms with Crippen molar-refractivity contribution < 1.29 is 32.6 Å². The number of nitrogens with one attached hydrogen (secondary N) is 1. The number of esters is 1. The van der Waals surface area contributed by atoms with E-state index in [1.165, 1.54) is 32.4 Å². The molecule has 2 rings (SSSR count). The summed E-state index contributed by atoms with van der Waals surface area (Å²) in [6.45, 7) is -1.09. The number of amides is 1. The third-order valence-corrected chi connectivity index (χ3v) is 4.03. The van der Waals surface area contributed by atoms with Gasteiger partial charge in [-0.05, 0) is 30.7 Å². The highest BCUT2D eigenvalue weighted by Gasteiger charge is 2.21. The third kappa shape index (κ3) is 5.67. The number of ether oxygens (including phenoxy) is 3. The molecule has 0 spiro atoms. The van der Waals surface area contributed by atoms with E-state index in [0.29, 0.717) is 0 Å². The minimum atomic E-state index is -3.01. The number of carbonyl (C=O) groups excluding carboxylic acids is 2. The molecule has 6 nitrogen and oxygen atoms in total. The number of alkyl halides is 2. The summed E-state index contributed by atoms with van der Waals surface area (Å²) in [5, 5.41) is 2.76. The van der Waals surface area contributed by atoms with Gasteiger partial charge >= 0.3 is 12.6 Å². The van der Waals surface area contributed by atoms with E-state index < -0.39 is 24.5 Å². The number of rotatable bonds is 8. The van der Waals surface area contributed by atoms with Crippen molar-refractivity contribution in [1.29, 1.82) is 0 Å². The van der Waals surface area contributed by atoms with E-state index in [9.17, 15) is 18.4 Å². The van der Waals surface area contributed by atoms with Crippen LogP contribution in [0.15, 0.2) is 42.5 Å². The lowest BCUT2D eigenvalue weighted by atomic mass is 10.0. The van der Waals surface area contributed by atoms with Crippen LogP contribution in [0.3, 0.4) is 0 Å². The second-order valence-corrected chi connectivity index (χ2v) is 5.96. The summed E-state index contributed by atoms with van der Waals surface area (Å²) in [6, 6.07) is 10.6. The van der Waals surface area contributed by atoms with Gasteiger partial charge in [0.25, 0.3) is 5.91 Å². The molecular weight excluding hydrogens is 372 g/mol. The van der Waals surface area contributed by atoms with Crippen molar-refractivity contribution >= 4 is 11.9 Å². The summed E-state index contributed by atoms with van der Waals surface area (Å²) in [5.74, 6) is -1.17. The van der Waals surface area contributed by atoms with Gasteiger partial charge < -0.3 is 19.5 Å². The second-order valence-electron chi connectivity index (χ2n) is 5.96. The number of carbonyl (C=O) groups is 2. The number of hydrogen-bond acceptors (Lipinski definition) is 5. The monoisotopic (exact) mass is 393 g/mol.